The Balaban J connectivity index is 1.57. The summed E-state index contributed by atoms with van der Waals surface area (Å²) < 4.78 is 0. The van der Waals surface area contributed by atoms with Gasteiger partial charge < -0.3 is 10.3 Å². The molecule has 1 aliphatic carbocycles. The zero-order valence-electron chi connectivity index (χ0n) is 14.2. The average molecular weight is 348 g/mol. The van der Waals surface area contributed by atoms with Crippen LogP contribution < -0.4 is 15.6 Å². The van der Waals surface area contributed by atoms with Gasteiger partial charge >= 0.3 is 5.95 Å². The lowest BCUT2D eigenvalue weighted by Crippen LogP contribution is -2.20. The predicted molar refractivity (Wildman–Crippen MR) is 98.7 cm³/mol. The van der Waals surface area contributed by atoms with E-state index in [9.17, 15) is 4.79 Å². The number of anilines is 3. The number of fused-ring (bicyclic) bond motifs is 2. The maximum absolute atomic E-state index is 11.9. The summed E-state index contributed by atoms with van der Waals surface area (Å²) in [5, 5.41) is 15.6. The first kappa shape index (κ1) is 14.9. The molecule has 0 aliphatic heterocycles. The Morgan fingerprint density at radius 1 is 1.35 bits per heavy atom. The van der Waals surface area contributed by atoms with Crippen molar-refractivity contribution >= 4 is 45.2 Å². The normalized spacial score (nSPS) is 14.0. The minimum Gasteiger partial charge on any atom is -0.335 e. The fourth-order valence-electron chi connectivity index (χ4n) is 3.10. The van der Waals surface area contributed by atoms with E-state index in [0.29, 0.717) is 23.2 Å². The van der Waals surface area contributed by atoms with Crippen LogP contribution in [0, 0.1) is 0 Å². The number of carbonyl (C=O) groups excluding carboxylic acids is 1. The van der Waals surface area contributed by atoms with Crippen LogP contribution in [0.25, 0.3) is 21.9 Å². The highest BCUT2D eigenvalue weighted by atomic mass is 16.1. The van der Waals surface area contributed by atoms with Gasteiger partial charge in [0.25, 0.3) is 0 Å². The maximum atomic E-state index is 11.9. The number of ketones is 1. The van der Waals surface area contributed by atoms with Crippen molar-refractivity contribution in [1.82, 2.24) is 20.2 Å². The molecule has 0 bridgehead atoms. The summed E-state index contributed by atoms with van der Waals surface area (Å²) in [6.45, 7) is 1.56. The second-order valence-electron chi connectivity index (χ2n) is 6.66. The lowest BCUT2D eigenvalue weighted by Gasteiger charge is -2.06. The second kappa shape index (κ2) is 5.55. The van der Waals surface area contributed by atoms with Gasteiger partial charge in [-0.3, -0.25) is 15.2 Å². The molecule has 5 rings (SSSR count). The minimum atomic E-state index is 0.00991. The molecule has 1 aromatic carbocycles. The molecule has 0 radical (unpaired) electrons. The van der Waals surface area contributed by atoms with Crippen molar-refractivity contribution in [2.24, 2.45) is 0 Å². The Labute approximate surface area is 148 Å². The van der Waals surface area contributed by atoms with Crippen LogP contribution in [0.1, 0.15) is 30.1 Å². The van der Waals surface area contributed by atoms with Gasteiger partial charge in [-0.2, -0.15) is 5.10 Å². The monoisotopic (exact) mass is 348 g/mol. The third kappa shape index (κ3) is 2.55. The number of Topliss-reactive ketones (excluding diaryl/α,β-unsaturated/α-hetero) is 1. The Hall–Kier alpha value is -3.42. The number of nitrogens with one attached hydrogen (secondary N) is 5. The zero-order valence-corrected chi connectivity index (χ0v) is 14.2. The van der Waals surface area contributed by atoms with Crippen molar-refractivity contribution in [3.63, 3.8) is 0 Å². The maximum Gasteiger partial charge on any atom is 0.351 e. The molecule has 0 atom stereocenters. The van der Waals surface area contributed by atoms with Gasteiger partial charge in [0, 0.05) is 11.6 Å². The van der Waals surface area contributed by atoms with Crippen LogP contribution >= 0.6 is 0 Å². The van der Waals surface area contributed by atoms with Gasteiger partial charge in [0.1, 0.15) is 5.39 Å². The molecule has 3 aromatic heterocycles. The number of H-pyrrole nitrogens is 3. The standard InChI is InChI=1S/C18H17N7O/c1-9(26)13-8-19-16-15(13)17(21-11-4-5-11)24-18(23-16)22-12-3-2-10-7-20-25-14(10)6-12/h2-3,6-8,11H,4-5H2,1H3,(H,20,25)(H3,19,21,22,23,24)/p+1. The number of hydrogen-bond acceptors (Lipinski definition) is 5. The molecule has 1 fully saturated rings. The molecule has 130 valence electrons. The van der Waals surface area contributed by atoms with E-state index in [2.05, 4.69) is 35.8 Å². The van der Waals surface area contributed by atoms with E-state index in [4.69, 9.17) is 0 Å². The fourth-order valence-corrected chi connectivity index (χ4v) is 3.10. The van der Waals surface area contributed by atoms with Crippen LogP contribution in [0.5, 0.6) is 0 Å². The number of rotatable bonds is 5. The van der Waals surface area contributed by atoms with Crippen molar-refractivity contribution in [1.29, 1.82) is 0 Å². The molecule has 4 aromatic rings. The molecule has 5 N–H and O–H groups in total. The van der Waals surface area contributed by atoms with Crippen LogP contribution in [0.2, 0.25) is 0 Å². The molecule has 1 aliphatic rings. The molecule has 0 unspecified atom stereocenters. The van der Waals surface area contributed by atoms with Gasteiger partial charge in [-0.15, -0.1) is 0 Å². The summed E-state index contributed by atoms with van der Waals surface area (Å²) in [5.41, 5.74) is 3.14. The minimum absolute atomic E-state index is 0.00991. The number of hydrogen-bond donors (Lipinski definition) is 4. The third-order valence-corrected chi connectivity index (χ3v) is 4.59. The number of benzene rings is 1. The van der Waals surface area contributed by atoms with E-state index in [0.717, 1.165) is 40.6 Å². The molecular weight excluding hydrogens is 330 g/mol. The number of nitrogens with zero attached hydrogens (tertiary/aromatic N) is 2. The van der Waals surface area contributed by atoms with Gasteiger partial charge in [0.15, 0.2) is 5.78 Å². The van der Waals surface area contributed by atoms with E-state index < -0.39 is 0 Å². The first-order valence-electron chi connectivity index (χ1n) is 8.59. The van der Waals surface area contributed by atoms with Crippen LogP contribution in [0.15, 0.2) is 30.6 Å². The molecular formula is C18H18N7O+. The molecule has 0 saturated heterocycles. The third-order valence-electron chi connectivity index (χ3n) is 4.59. The highest BCUT2D eigenvalue weighted by molar-refractivity contribution is 6.09. The molecule has 26 heavy (non-hydrogen) atoms. The Kier molecular flexibility index (Phi) is 3.18. The van der Waals surface area contributed by atoms with E-state index in [1.165, 1.54) is 0 Å². The van der Waals surface area contributed by atoms with E-state index in [1.807, 2.05) is 18.2 Å². The lowest BCUT2D eigenvalue weighted by molar-refractivity contribution is -0.345. The second-order valence-corrected chi connectivity index (χ2v) is 6.66. The summed E-state index contributed by atoms with van der Waals surface area (Å²) in [6.07, 6.45) is 5.77. The first-order chi connectivity index (χ1) is 12.7. The van der Waals surface area contributed by atoms with E-state index in [-0.39, 0.29) is 5.78 Å². The van der Waals surface area contributed by atoms with Crippen LogP contribution in [0.3, 0.4) is 0 Å². The Morgan fingerprint density at radius 2 is 2.23 bits per heavy atom. The molecule has 8 heteroatoms. The highest BCUT2D eigenvalue weighted by Crippen LogP contribution is 2.29. The van der Waals surface area contributed by atoms with Gasteiger partial charge in [-0.25, -0.2) is 4.98 Å². The van der Waals surface area contributed by atoms with Gasteiger partial charge in [0.05, 0.1) is 29.0 Å². The Morgan fingerprint density at radius 3 is 3.04 bits per heavy atom. The van der Waals surface area contributed by atoms with Crippen molar-refractivity contribution < 1.29 is 9.78 Å². The molecule has 0 amide bonds. The fraction of sp³-hybridized carbons (Fsp3) is 0.222. The zero-order chi connectivity index (χ0) is 17.7. The van der Waals surface area contributed by atoms with E-state index >= 15 is 0 Å². The van der Waals surface area contributed by atoms with Crippen molar-refractivity contribution in [2.45, 2.75) is 25.8 Å². The number of carbonyl (C=O) groups is 1. The summed E-state index contributed by atoms with van der Waals surface area (Å²) >= 11 is 0. The van der Waals surface area contributed by atoms with Crippen LogP contribution in [0.4, 0.5) is 17.5 Å². The first-order valence-corrected chi connectivity index (χ1v) is 8.59. The molecule has 8 nitrogen and oxygen atoms in total. The van der Waals surface area contributed by atoms with Gasteiger partial charge in [0.2, 0.25) is 11.5 Å². The van der Waals surface area contributed by atoms with Gasteiger partial charge in [-0.05, 0) is 38.0 Å². The molecule has 3 heterocycles. The molecule has 0 spiro atoms. The number of aromatic nitrogens is 5. The van der Waals surface area contributed by atoms with Crippen molar-refractivity contribution in [2.75, 3.05) is 10.6 Å². The Bertz CT molecular complexity index is 1140. The summed E-state index contributed by atoms with van der Waals surface area (Å²) in [5.74, 6) is 1.42. The van der Waals surface area contributed by atoms with Crippen molar-refractivity contribution in [3.05, 3.63) is 36.2 Å². The quantitative estimate of drug-likeness (QED) is 0.414. The van der Waals surface area contributed by atoms with Crippen LogP contribution in [-0.4, -0.2) is 32.0 Å². The molecule has 1 saturated carbocycles. The predicted octanol–water partition coefficient (Wildman–Crippen LogP) is 2.77. The van der Waals surface area contributed by atoms with Gasteiger partial charge in [-0.1, -0.05) is 4.98 Å². The summed E-state index contributed by atoms with van der Waals surface area (Å²) in [6, 6.07) is 6.39. The smallest absolute Gasteiger partial charge is 0.335 e. The van der Waals surface area contributed by atoms with Crippen LogP contribution in [-0.2, 0) is 0 Å². The highest BCUT2D eigenvalue weighted by Gasteiger charge is 2.28. The SMILES string of the molecule is CC(=O)c1c[nH]c2nc(Nc3ccc4cn[nH]c4c3)[nH+]c(NC3CC3)c12. The lowest BCUT2D eigenvalue weighted by atomic mass is 10.1. The summed E-state index contributed by atoms with van der Waals surface area (Å²) in [7, 11) is 0. The average Bonchev–Trinajstić information content (AvgIpc) is 3.14. The largest absolute Gasteiger partial charge is 0.351 e. The summed E-state index contributed by atoms with van der Waals surface area (Å²) in [4.78, 5) is 22.9. The number of aromatic amines is 3. The van der Waals surface area contributed by atoms with E-state index in [1.54, 1.807) is 19.3 Å². The topological polar surface area (TPSA) is 113 Å². The van der Waals surface area contributed by atoms with Crippen molar-refractivity contribution in [3.8, 4) is 0 Å².